The van der Waals surface area contributed by atoms with Crippen molar-refractivity contribution in [2.45, 2.75) is 11.8 Å². The summed E-state index contributed by atoms with van der Waals surface area (Å²) < 4.78 is 1.54. The highest BCUT2D eigenvalue weighted by Gasteiger charge is 2.28. The first-order chi connectivity index (χ1) is 16.7. The van der Waals surface area contributed by atoms with Crippen LogP contribution in [0.3, 0.4) is 0 Å². The highest BCUT2D eigenvalue weighted by Crippen LogP contribution is 2.29. The summed E-state index contributed by atoms with van der Waals surface area (Å²) in [6.07, 6.45) is 1.73. The first kappa shape index (κ1) is 22.8. The molecule has 0 spiro atoms. The minimum absolute atomic E-state index is 0.0734. The van der Waals surface area contributed by atoms with Crippen LogP contribution in [-0.2, 0) is 10.5 Å². The highest BCUT2D eigenvalue weighted by molar-refractivity contribution is 7.99. The molecule has 174 valence electrons. The second-order valence-corrected chi connectivity index (χ2v) is 10.1. The Balaban J connectivity index is 1.17. The molecular formula is C26H26N4O2S2. The lowest BCUT2D eigenvalue weighted by Gasteiger charge is -2.39. The zero-order valence-electron chi connectivity index (χ0n) is 18.7. The summed E-state index contributed by atoms with van der Waals surface area (Å²) in [5.41, 5.74) is 3.20. The van der Waals surface area contributed by atoms with E-state index < -0.39 is 0 Å². The Labute approximate surface area is 206 Å². The van der Waals surface area contributed by atoms with Crippen molar-refractivity contribution in [2.75, 3.05) is 31.9 Å². The molecule has 3 heterocycles. The van der Waals surface area contributed by atoms with Crippen molar-refractivity contribution >= 4 is 34.0 Å². The Morgan fingerprint density at radius 1 is 0.971 bits per heavy atom. The number of nitrogens with zero attached hydrogens (tertiary/aromatic N) is 4. The maximum absolute atomic E-state index is 12.8. The maximum atomic E-state index is 12.8. The predicted octanol–water partition coefficient (Wildman–Crippen LogP) is 3.92. The van der Waals surface area contributed by atoms with Crippen LogP contribution in [0.4, 0.5) is 0 Å². The summed E-state index contributed by atoms with van der Waals surface area (Å²) in [4.78, 5) is 34.6. The smallest absolute Gasteiger partial charge is 0.258 e. The Morgan fingerprint density at radius 3 is 2.26 bits per heavy atom. The van der Waals surface area contributed by atoms with Crippen LogP contribution in [0.1, 0.15) is 22.9 Å². The van der Waals surface area contributed by atoms with E-state index in [2.05, 4.69) is 58.4 Å². The second-order valence-electron chi connectivity index (χ2n) is 8.27. The lowest BCUT2D eigenvalue weighted by molar-refractivity contribution is -0.130. The number of hydrogen-bond acceptors (Lipinski definition) is 6. The molecule has 5 rings (SSSR count). The number of hydrogen-bond donors (Lipinski definition) is 0. The number of piperazine rings is 1. The van der Waals surface area contributed by atoms with Gasteiger partial charge < -0.3 is 4.90 Å². The quantitative estimate of drug-likeness (QED) is 0.393. The van der Waals surface area contributed by atoms with Crippen LogP contribution in [0.2, 0.25) is 0 Å². The molecule has 6 nitrogen and oxygen atoms in total. The van der Waals surface area contributed by atoms with Gasteiger partial charge in [-0.1, -0.05) is 60.7 Å². The van der Waals surface area contributed by atoms with Crippen molar-refractivity contribution in [1.29, 1.82) is 0 Å². The van der Waals surface area contributed by atoms with Gasteiger partial charge >= 0.3 is 0 Å². The Hall–Kier alpha value is -2.94. The van der Waals surface area contributed by atoms with Gasteiger partial charge in [-0.2, -0.15) is 0 Å². The fourth-order valence-electron chi connectivity index (χ4n) is 4.41. The van der Waals surface area contributed by atoms with E-state index in [0.717, 1.165) is 31.9 Å². The predicted molar refractivity (Wildman–Crippen MR) is 138 cm³/mol. The third kappa shape index (κ3) is 5.09. The van der Waals surface area contributed by atoms with Gasteiger partial charge in [0, 0.05) is 49.6 Å². The van der Waals surface area contributed by atoms with Gasteiger partial charge in [0.1, 0.15) is 0 Å². The highest BCUT2D eigenvalue weighted by atomic mass is 32.2. The molecule has 0 saturated carbocycles. The van der Waals surface area contributed by atoms with Gasteiger partial charge in [0.05, 0.1) is 17.5 Å². The maximum Gasteiger partial charge on any atom is 0.258 e. The van der Waals surface area contributed by atoms with Gasteiger partial charge in [0.2, 0.25) is 5.91 Å². The largest absolute Gasteiger partial charge is 0.339 e. The lowest BCUT2D eigenvalue weighted by Crippen LogP contribution is -2.50. The van der Waals surface area contributed by atoms with Gasteiger partial charge in [0.25, 0.3) is 5.56 Å². The standard InChI is InChI=1S/C26H26N4O2S2/c31-23-17-22(27-26-30(23)15-16-34-26)18-33-19-24(32)28-11-13-29(14-12-28)25(20-7-3-1-4-8-20)21-9-5-2-6-10-21/h1-10,15-17,25H,11-14,18-19H2. The van der Waals surface area contributed by atoms with E-state index >= 15 is 0 Å². The van der Waals surface area contributed by atoms with Gasteiger partial charge in [-0.05, 0) is 11.1 Å². The normalized spacial score (nSPS) is 14.7. The molecule has 0 aliphatic carbocycles. The average molecular weight is 491 g/mol. The van der Waals surface area contributed by atoms with Crippen LogP contribution in [0.25, 0.3) is 4.96 Å². The summed E-state index contributed by atoms with van der Waals surface area (Å²) in [5, 5.41) is 1.85. The number of carbonyl (C=O) groups is 1. The molecule has 2 aromatic heterocycles. The number of rotatable bonds is 7. The fraction of sp³-hybridized carbons (Fsp3) is 0.269. The molecule has 0 unspecified atom stereocenters. The van der Waals surface area contributed by atoms with E-state index in [4.69, 9.17) is 0 Å². The van der Waals surface area contributed by atoms with Crippen LogP contribution in [0.5, 0.6) is 0 Å². The van der Waals surface area contributed by atoms with Crippen molar-refractivity contribution in [2.24, 2.45) is 0 Å². The summed E-state index contributed by atoms with van der Waals surface area (Å²) in [5.74, 6) is 1.10. The van der Waals surface area contributed by atoms with E-state index in [1.165, 1.54) is 34.2 Å². The molecule has 2 aromatic carbocycles. The van der Waals surface area contributed by atoms with E-state index in [9.17, 15) is 9.59 Å². The summed E-state index contributed by atoms with van der Waals surface area (Å²) >= 11 is 2.96. The Kier molecular flexibility index (Phi) is 7.08. The molecule has 1 aliphatic rings. The van der Waals surface area contributed by atoms with Crippen LogP contribution >= 0.6 is 23.1 Å². The summed E-state index contributed by atoms with van der Waals surface area (Å²) in [6, 6.07) is 22.9. The topological polar surface area (TPSA) is 57.9 Å². The second kappa shape index (κ2) is 10.5. The van der Waals surface area contributed by atoms with E-state index in [1.54, 1.807) is 16.7 Å². The minimum Gasteiger partial charge on any atom is -0.339 e. The Bertz CT molecular complexity index is 1260. The van der Waals surface area contributed by atoms with Crippen LogP contribution in [0.15, 0.2) is 83.1 Å². The van der Waals surface area contributed by atoms with Crippen molar-refractivity contribution < 1.29 is 4.79 Å². The zero-order chi connectivity index (χ0) is 23.3. The number of aromatic nitrogens is 2. The SMILES string of the molecule is O=C(CSCc1cc(=O)n2ccsc2n1)N1CCN(C(c2ccccc2)c2ccccc2)CC1. The average Bonchev–Trinajstić information content (AvgIpc) is 3.35. The van der Waals surface area contributed by atoms with Crippen LogP contribution < -0.4 is 5.56 Å². The molecule has 4 aromatic rings. The molecule has 34 heavy (non-hydrogen) atoms. The van der Waals surface area contributed by atoms with Crippen molar-refractivity contribution in [3.05, 3.63) is 105 Å². The molecule has 1 amide bonds. The molecular weight excluding hydrogens is 464 g/mol. The van der Waals surface area contributed by atoms with Gasteiger partial charge in [-0.3, -0.25) is 18.9 Å². The van der Waals surface area contributed by atoms with Crippen molar-refractivity contribution in [3.63, 3.8) is 0 Å². The van der Waals surface area contributed by atoms with Crippen molar-refractivity contribution in [3.8, 4) is 0 Å². The van der Waals surface area contributed by atoms with E-state index in [1.807, 2.05) is 22.4 Å². The third-order valence-corrected chi connectivity index (χ3v) is 7.80. The lowest BCUT2D eigenvalue weighted by atomic mass is 9.96. The Morgan fingerprint density at radius 2 is 1.62 bits per heavy atom. The van der Waals surface area contributed by atoms with Gasteiger partial charge in [0.15, 0.2) is 4.96 Å². The number of amides is 1. The first-order valence-corrected chi connectivity index (χ1v) is 13.4. The molecule has 0 bridgehead atoms. The summed E-state index contributed by atoms with van der Waals surface area (Å²) in [6.45, 7) is 3.10. The van der Waals surface area contributed by atoms with Gasteiger partial charge in [-0.25, -0.2) is 4.98 Å². The molecule has 1 aliphatic heterocycles. The van der Waals surface area contributed by atoms with Crippen LogP contribution in [-0.4, -0.2) is 57.0 Å². The number of benzene rings is 2. The number of fused-ring (bicyclic) bond motifs is 1. The molecule has 0 radical (unpaired) electrons. The monoisotopic (exact) mass is 490 g/mol. The molecule has 0 atom stereocenters. The third-order valence-electron chi connectivity index (χ3n) is 6.09. The molecule has 1 saturated heterocycles. The van der Waals surface area contributed by atoms with Crippen molar-refractivity contribution in [1.82, 2.24) is 19.2 Å². The van der Waals surface area contributed by atoms with E-state index in [-0.39, 0.29) is 17.5 Å². The molecule has 0 N–H and O–H groups in total. The molecule has 8 heteroatoms. The van der Waals surface area contributed by atoms with Crippen LogP contribution in [0, 0.1) is 0 Å². The molecule has 1 fully saturated rings. The van der Waals surface area contributed by atoms with Gasteiger partial charge in [-0.15, -0.1) is 23.1 Å². The number of thiazole rings is 1. The fourth-order valence-corrected chi connectivity index (χ4v) is 5.97. The summed E-state index contributed by atoms with van der Waals surface area (Å²) in [7, 11) is 0. The zero-order valence-corrected chi connectivity index (χ0v) is 20.4. The minimum atomic E-state index is -0.0734. The first-order valence-electron chi connectivity index (χ1n) is 11.3. The number of carbonyl (C=O) groups excluding carboxylic acids is 1. The number of thioether (sulfide) groups is 1. The van der Waals surface area contributed by atoms with E-state index in [0.29, 0.717) is 16.5 Å².